The van der Waals surface area contributed by atoms with Crippen molar-refractivity contribution in [2.24, 2.45) is 0 Å². The van der Waals surface area contributed by atoms with E-state index >= 15 is 0 Å². The minimum absolute atomic E-state index is 0.00694. The second kappa shape index (κ2) is 2.38. The van der Waals surface area contributed by atoms with E-state index in [2.05, 4.69) is 14.4 Å². The van der Waals surface area contributed by atoms with Crippen LogP contribution in [0.3, 0.4) is 0 Å². The summed E-state index contributed by atoms with van der Waals surface area (Å²) < 4.78 is 8.90. The van der Waals surface area contributed by atoms with Crippen LogP contribution in [0.2, 0.25) is 0 Å². The molecule has 5 heteroatoms. The SMILES string of the molecule is COc1nocc1C(=O)O. The second-order valence-electron chi connectivity index (χ2n) is 1.54. The molecule has 1 heterocycles. The molecule has 1 aromatic heterocycles. The molecule has 0 aliphatic carbocycles. The van der Waals surface area contributed by atoms with Gasteiger partial charge >= 0.3 is 5.97 Å². The van der Waals surface area contributed by atoms with E-state index in [0.29, 0.717) is 0 Å². The number of carbonyl (C=O) groups is 1. The molecule has 0 unspecified atom stereocenters. The van der Waals surface area contributed by atoms with Gasteiger partial charge in [-0.05, 0) is 5.16 Å². The van der Waals surface area contributed by atoms with E-state index in [1.165, 1.54) is 7.11 Å². The number of methoxy groups -OCH3 is 1. The average Bonchev–Trinajstić information content (AvgIpc) is 2.33. The van der Waals surface area contributed by atoms with Gasteiger partial charge in [-0.25, -0.2) is 4.79 Å². The van der Waals surface area contributed by atoms with Gasteiger partial charge in [0.25, 0.3) is 5.88 Å². The molecule has 0 fully saturated rings. The van der Waals surface area contributed by atoms with Crippen molar-refractivity contribution in [2.45, 2.75) is 0 Å². The fourth-order valence-electron chi connectivity index (χ4n) is 0.516. The molecule has 0 atom stereocenters. The van der Waals surface area contributed by atoms with Crippen LogP contribution in [-0.2, 0) is 0 Å². The zero-order valence-electron chi connectivity index (χ0n) is 5.20. The van der Waals surface area contributed by atoms with E-state index in [0.717, 1.165) is 6.26 Å². The number of rotatable bonds is 2. The van der Waals surface area contributed by atoms with Gasteiger partial charge in [0.15, 0.2) is 5.56 Å². The smallest absolute Gasteiger partial charge is 0.344 e. The third-order valence-corrected chi connectivity index (χ3v) is 0.960. The summed E-state index contributed by atoms with van der Waals surface area (Å²) >= 11 is 0. The Morgan fingerprint density at radius 1 is 1.90 bits per heavy atom. The fraction of sp³-hybridized carbons (Fsp3) is 0.200. The third kappa shape index (κ3) is 0.928. The fourth-order valence-corrected chi connectivity index (χ4v) is 0.516. The summed E-state index contributed by atoms with van der Waals surface area (Å²) in [6.07, 6.45) is 1.02. The third-order valence-electron chi connectivity index (χ3n) is 0.960. The Labute approximate surface area is 56.2 Å². The average molecular weight is 143 g/mol. The first kappa shape index (κ1) is 6.60. The van der Waals surface area contributed by atoms with Gasteiger partial charge in [0, 0.05) is 0 Å². The monoisotopic (exact) mass is 143 g/mol. The van der Waals surface area contributed by atoms with Gasteiger partial charge in [-0.15, -0.1) is 0 Å². The first-order chi connectivity index (χ1) is 4.75. The van der Waals surface area contributed by atoms with E-state index < -0.39 is 5.97 Å². The minimum atomic E-state index is -1.11. The van der Waals surface area contributed by atoms with Crippen molar-refractivity contribution in [1.29, 1.82) is 0 Å². The molecule has 1 aromatic rings. The van der Waals surface area contributed by atoms with Crippen LogP contribution in [0, 0.1) is 0 Å². The van der Waals surface area contributed by atoms with Crippen molar-refractivity contribution in [1.82, 2.24) is 5.16 Å². The molecular weight excluding hydrogens is 138 g/mol. The molecule has 0 saturated carbocycles. The van der Waals surface area contributed by atoms with Crippen molar-refractivity contribution in [3.63, 3.8) is 0 Å². The topological polar surface area (TPSA) is 72.6 Å². The van der Waals surface area contributed by atoms with Crippen LogP contribution < -0.4 is 4.74 Å². The summed E-state index contributed by atoms with van der Waals surface area (Å²) in [4.78, 5) is 10.3. The molecule has 0 amide bonds. The van der Waals surface area contributed by atoms with Gasteiger partial charge in [-0.1, -0.05) is 0 Å². The van der Waals surface area contributed by atoms with Crippen molar-refractivity contribution < 1.29 is 19.2 Å². The van der Waals surface area contributed by atoms with E-state index in [9.17, 15) is 4.79 Å². The number of carboxylic acid groups (broad SMARTS) is 1. The highest BCUT2D eigenvalue weighted by molar-refractivity contribution is 5.89. The summed E-state index contributed by atoms with van der Waals surface area (Å²) in [6.45, 7) is 0. The number of aromatic nitrogens is 1. The number of carboxylic acids is 1. The standard InChI is InChI=1S/C5H5NO4/c1-9-4-3(5(7)8)2-10-6-4/h2H,1H3,(H,7,8). The number of aromatic carboxylic acids is 1. The highest BCUT2D eigenvalue weighted by Gasteiger charge is 2.14. The lowest BCUT2D eigenvalue weighted by Crippen LogP contribution is -1.97. The molecule has 54 valence electrons. The predicted octanol–water partition coefficient (Wildman–Crippen LogP) is 0.381. The van der Waals surface area contributed by atoms with Crippen molar-refractivity contribution in [2.75, 3.05) is 7.11 Å². The molecule has 0 aromatic carbocycles. The van der Waals surface area contributed by atoms with Gasteiger partial charge < -0.3 is 14.4 Å². The number of nitrogens with zero attached hydrogens (tertiary/aromatic N) is 1. The van der Waals surface area contributed by atoms with Crippen molar-refractivity contribution in [3.8, 4) is 5.88 Å². The maximum absolute atomic E-state index is 10.3. The van der Waals surface area contributed by atoms with Crippen molar-refractivity contribution >= 4 is 5.97 Å². The van der Waals surface area contributed by atoms with Crippen LogP contribution in [0.1, 0.15) is 10.4 Å². The Kier molecular flexibility index (Phi) is 1.57. The van der Waals surface area contributed by atoms with Crippen LogP contribution in [0.4, 0.5) is 0 Å². The molecule has 10 heavy (non-hydrogen) atoms. The van der Waals surface area contributed by atoms with E-state index in [4.69, 9.17) is 5.11 Å². The number of ether oxygens (including phenoxy) is 1. The largest absolute Gasteiger partial charge is 0.478 e. The Bertz CT molecular complexity index is 242. The number of hydrogen-bond donors (Lipinski definition) is 1. The van der Waals surface area contributed by atoms with Gasteiger partial charge in [-0.3, -0.25) is 0 Å². The van der Waals surface area contributed by atoms with E-state index in [-0.39, 0.29) is 11.4 Å². The summed E-state index contributed by atoms with van der Waals surface area (Å²) in [6, 6.07) is 0. The van der Waals surface area contributed by atoms with Crippen LogP contribution in [0.15, 0.2) is 10.8 Å². The van der Waals surface area contributed by atoms with Gasteiger partial charge in [0.2, 0.25) is 0 Å². The Morgan fingerprint density at radius 3 is 3.00 bits per heavy atom. The molecule has 0 aliphatic heterocycles. The van der Waals surface area contributed by atoms with Gasteiger partial charge in [-0.2, -0.15) is 0 Å². The number of hydrogen-bond acceptors (Lipinski definition) is 4. The highest BCUT2D eigenvalue weighted by atomic mass is 16.5. The van der Waals surface area contributed by atoms with E-state index in [1.807, 2.05) is 0 Å². The van der Waals surface area contributed by atoms with Crippen LogP contribution in [-0.4, -0.2) is 23.3 Å². The zero-order chi connectivity index (χ0) is 7.56. The molecule has 1 N–H and O–H groups in total. The first-order valence-electron chi connectivity index (χ1n) is 2.47. The summed E-state index contributed by atoms with van der Waals surface area (Å²) in [5, 5.41) is 11.7. The normalized spacial score (nSPS) is 9.30. The molecule has 0 aliphatic rings. The van der Waals surface area contributed by atoms with Gasteiger partial charge in [0.05, 0.1) is 7.11 Å². The van der Waals surface area contributed by atoms with Crippen molar-refractivity contribution in [3.05, 3.63) is 11.8 Å². The molecule has 0 saturated heterocycles. The quantitative estimate of drug-likeness (QED) is 0.647. The molecule has 0 spiro atoms. The van der Waals surface area contributed by atoms with Crippen LogP contribution in [0.5, 0.6) is 5.88 Å². The molecule has 0 bridgehead atoms. The molecular formula is C5H5NO4. The van der Waals surface area contributed by atoms with Crippen LogP contribution in [0.25, 0.3) is 0 Å². The molecule has 5 nitrogen and oxygen atoms in total. The maximum atomic E-state index is 10.3. The minimum Gasteiger partial charge on any atom is -0.478 e. The van der Waals surface area contributed by atoms with Gasteiger partial charge in [0.1, 0.15) is 6.26 Å². The first-order valence-corrected chi connectivity index (χ1v) is 2.47. The highest BCUT2D eigenvalue weighted by Crippen LogP contribution is 2.13. The lowest BCUT2D eigenvalue weighted by Gasteiger charge is -1.90. The summed E-state index contributed by atoms with van der Waals surface area (Å²) in [7, 11) is 1.32. The van der Waals surface area contributed by atoms with Crippen LogP contribution >= 0.6 is 0 Å². The zero-order valence-corrected chi connectivity index (χ0v) is 5.20. The molecule has 0 radical (unpaired) electrons. The summed E-state index contributed by atoms with van der Waals surface area (Å²) in [5.74, 6) is -1.12. The molecule has 1 rings (SSSR count). The Balaban J connectivity index is 3.01. The Morgan fingerprint density at radius 2 is 2.60 bits per heavy atom. The summed E-state index contributed by atoms with van der Waals surface area (Å²) in [5.41, 5.74) is -0.0671. The predicted molar refractivity (Wildman–Crippen MR) is 30.0 cm³/mol. The Hall–Kier alpha value is -1.52. The second-order valence-corrected chi connectivity index (χ2v) is 1.54. The van der Waals surface area contributed by atoms with E-state index in [1.54, 1.807) is 0 Å². The lowest BCUT2D eigenvalue weighted by molar-refractivity contribution is 0.0693. The maximum Gasteiger partial charge on any atom is 0.344 e. The lowest BCUT2D eigenvalue weighted by atomic mass is 10.4.